The molecule has 0 saturated heterocycles. The van der Waals surface area contributed by atoms with Crippen molar-refractivity contribution in [1.82, 2.24) is 0 Å². The molecule has 0 unspecified atom stereocenters. The summed E-state index contributed by atoms with van der Waals surface area (Å²) >= 11 is 5.89. The highest BCUT2D eigenvalue weighted by molar-refractivity contribution is 6.30. The summed E-state index contributed by atoms with van der Waals surface area (Å²) in [5, 5.41) is 6.91. The lowest BCUT2D eigenvalue weighted by molar-refractivity contribution is 0.102. The smallest absolute Gasteiger partial charge is 0.257 e. The van der Waals surface area contributed by atoms with Gasteiger partial charge in [0, 0.05) is 16.4 Å². The van der Waals surface area contributed by atoms with Gasteiger partial charge in [0.25, 0.3) is 5.91 Å². The van der Waals surface area contributed by atoms with Gasteiger partial charge in [-0.05, 0) is 67.4 Å². The average molecular weight is 351 g/mol. The van der Waals surface area contributed by atoms with Gasteiger partial charge in [-0.1, -0.05) is 35.9 Å². The minimum Gasteiger partial charge on any atom is -0.355 e. The first-order chi connectivity index (χ1) is 12.0. The highest BCUT2D eigenvalue weighted by atomic mass is 35.5. The number of rotatable bonds is 4. The van der Waals surface area contributed by atoms with Gasteiger partial charge < -0.3 is 10.6 Å². The molecule has 0 saturated carbocycles. The largest absolute Gasteiger partial charge is 0.355 e. The Labute approximate surface area is 152 Å². The van der Waals surface area contributed by atoms with Gasteiger partial charge >= 0.3 is 0 Å². The molecular weight excluding hydrogens is 332 g/mol. The summed E-state index contributed by atoms with van der Waals surface area (Å²) in [4.78, 5) is 12.7. The summed E-state index contributed by atoms with van der Waals surface area (Å²) < 4.78 is 0. The molecule has 1 amide bonds. The third-order valence-corrected chi connectivity index (χ3v) is 4.40. The van der Waals surface area contributed by atoms with Crippen LogP contribution >= 0.6 is 11.6 Å². The summed E-state index contributed by atoms with van der Waals surface area (Å²) in [7, 11) is 0. The molecule has 0 atom stereocenters. The van der Waals surface area contributed by atoms with Crippen LogP contribution in [-0.2, 0) is 0 Å². The Morgan fingerprint density at radius 1 is 0.840 bits per heavy atom. The van der Waals surface area contributed by atoms with Gasteiger partial charge in [0.05, 0.1) is 11.3 Å². The lowest BCUT2D eigenvalue weighted by atomic mass is 10.1. The van der Waals surface area contributed by atoms with Crippen molar-refractivity contribution in [1.29, 1.82) is 0 Å². The van der Waals surface area contributed by atoms with E-state index in [4.69, 9.17) is 11.6 Å². The van der Waals surface area contributed by atoms with Crippen LogP contribution in [0.2, 0.25) is 5.02 Å². The molecule has 25 heavy (non-hydrogen) atoms. The summed E-state index contributed by atoms with van der Waals surface area (Å²) in [6.45, 7) is 4.13. The molecule has 0 spiro atoms. The van der Waals surface area contributed by atoms with Crippen LogP contribution in [0.3, 0.4) is 0 Å². The normalized spacial score (nSPS) is 10.4. The zero-order chi connectivity index (χ0) is 17.8. The third kappa shape index (κ3) is 4.01. The van der Waals surface area contributed by atoms with Crippen molar-refractivity contribution >= 4 is 34.6 Å². The molecule has 3 rings (SSSR count). The van der Waals surface area contributed by atoms with E-state index in [9.17, 15) is 4.79 Å². The Balaban J connectivity index is 1.86. The van der Waals surface area contributed by atoms with E-state index in [0.717, 1.165) is 16.9 Å². The number of para-hydroxylation sites is 1. The van der Waals surface area contributed by atoms with E-state index in [-0.39, 0.29) is 5.91 Å². The lowest BCUT2D eigenvalue weighted by Crippen LogP contribution is -2.14. The topological polar surface area (TPSA) is 41.1 Å². The van der Waals surface area contributed by atoms with Crippen LogP contribution in [0.1, 0.15) is 21.5 Å². The minimum atomic E-state index is -0.171. The average Bonchev–Trinajstić information content (AvgIpc) is 2.61. The van der Waals surface area contributed by atoms with E-state index in [1.807, 2.05) is 30.3 Å². The molecule has 0 aliphatic heterocycles. The van der Waals surface area contributed by atoms with Crippen LogP contribution in [0.5, 0.6) is 0 Å². The number of aryl methyl sites for hydroxylation is 1. The quantitative estimate of drug-likeness (QED) is 0.610. The summed E-state index contributed by atoms with van der Waals surface area (Å²) in [5.41, 5.74) is 5.41. The zero-order valence-corrected chi connectivity index (χ0v) is 14.9. The Kier molecular flexibility index (Phi) is 5.05. The van der Waals surface area contributed by atoms with E-state index in [2.05, 4.69) is 30.5 Å². The number of anilines is 3. The highest BCUT2D eigenvalue weighted by Gasteiger charge is 2.12. The van der Waals surface area contributed by atoms with E-state index in [0.29, 0.717) is 16.3 Å². The molecule has 0 bridgehead atoms. The molecule has 3 aromatic carbocycles. The number of nitrogens with one attached hydrogen (secondary N) is 2. The Bertz CT molecular complexity index is 904. The van der Waals surface area contributed by atoms with Crippen LogP contribution in [0.25, 0.3) is 0 Å². The molecule has 0 aliphatic rings. The first-order valence-corrected chi connectivity index (χ1v) is 8.41. The molecular formula is C21H19ClN2O. The minimum absolute atomic E-state index is 0.171. The number of hydrogen-bond acceptors (Lipinski definition) is 2. The first-order valence-electron chi connectivity index (χ1n) is 8.04. The van der Waals surface area contributed by atoms with Crippen molar-refractivity contribution in [3.05, 3.63) is 88.4 Å². The number of carbonyl (C=O) groups excluding carboxylic acids is 1. The summed E-state index contributed by atoms with van der Waals surface area (Å²) in [6, 6.07) is 20.6. The predicted octanol–water partition coefficient (Wildman–Crippen LogP) is 5.95. The SMILES string of the molecule is Cc1cccc(Nc2ccccc2C(=O)Nc2ccc(Cl)cc2)c1C. The van der Waals surface area contributed by atoms with Crippen LogP contribution in [0.15, 0.2) is 66.7 Å². The van der Waals surface area contributed by atoms with Gasteiger partial charge in [0.2, 0.25) is 0 Å². The molecule has 0 aromatic heterocycles. The molecule has 3 aromatic rings. The molecule has 2 N–H and O–H groups in total. The molecule has 0 fully saturated rings. The van der Waals surface area contributed by atoms with E-state index < -0.39 is 0 Å². The van der Waals surface area contributed by atoms with Gasteiger partial charge in [-0.3, -0.25) is 4.79 Å². The lowest BCUT2D eigenvalue weighted by Gasteiger charge is -2.15. The fourth-order valence-electron chi connectivity index (χ4n) is 2.55. The van der Waals surface area contributed by atoms with Crippen LogP contribution in [0, 0.1) is 13.8 Å². The van der Waals surface area contributed by atoms with Gasteiger partial charge in [0.1, 0.15) is 0 Å². The van der Waals surface area contributed by atoms with Crippen LogP contribution < -0.4 is 10.6 Å². The third-order valence-electron chi connectivity index (χ3n) is 4.15. The van der Waals surface area contributed by atoms with Crippen molar-refractivity contribution in [2.75, 3.05) is 10.6 Å². The second-order valence-corrected chi connectivity index (χ2v) is 6.32. The summed E-state index contributed by atoms with van der Waals surface area (Å²) in [5.74, 6) is -0.171. The number of amides is 1. The fraction of sp³-hybridized carbons (Fsp3) is 0.0952. The van der Waals surface area contributed by atoms with E-state index in [1.165, 1.54) is 5.56 Å². The number of benzene rings is 3. The second-order valence-electron chi connectivity index (χ2n) is 5.88. The van der Waals surface area contributed by atoms with Crippen molar-refractivity contribution < 1.29 is 4.79 Å². The molecule has 3 nitrogen and oxygen atoms in total. The van der Waals surface area contributed by atoms with Gasteiger partial charge in [-0.25, -0.2) is 0 Å². The number of halogens is 1. The van der Waals surface area contributed by atoms with Crippen molar-refractivity contribution in [2.24, 2.45) is 0 Å². The molecule has 4 heteroatoms. The number of carbonyl (C=O) groups is 1. The van der Waals surface area contributed by atoms with Crippen LogP contribution in [-0.4, -0.2) is 5.91 Å². The van der Waals surface area contributed by atoms with E-state index >= 15 is 0 Å². The molecule has 0 heterocycles. The zero-order valence-electron chi connectivity index (χ0n) is 14.1. The van der Waals surface area contributed by atoms with Gasteiger partial charge in [-0.2, -0.15) is 0 Å². The molecule has 0 aliphatic carbocycles. The van der Waals surface area contributed by atoms with Crippen molar-refractivity contribution in [2.45, 2.75) is 13.8 Å². The molecule has 126 valence electrons. The first kappa shape index (κ1) is 17.1. The summed E-state index contributed by atoms with van der Waals surface area (Å²) in [6.07, 6.45) is 0. The van der Waals surface area contributed by atoms with Gasteiger partial charge in [-0.15, -0.1) is 0 Å². The Morgan fingerprint density at radius 2 is 1.52 bits per heavy atom. The maximum atomic E-state index is 12.7. The van der Waals surface area contributed by atoms with Crippen molar-refractivity contribution in [3.63, 3.8) is 0 Å². The maximum absolute atomic E-state index is 12.7. The monoisotopic (exact) mass is 350 g/mol. The molecule has 0 radical (unpaired) electrons. The second kappa shape index (κ2) is 7.41. The Morgan fingerprint density at radius 3 is 2.28 bits per heavy atom. The van der Waals surface area contributed by atoms with Crippen molar-refractivity contribution in [3.8, 4) is 0 Å². The Hall–Kier alpha value is -2.78. The predicted molar refractivity (Wildman–Crippen MR) is 105 cm³/mol. The fourth-order valence-corrected chi connectivity index (χ4v) is 2.68. The highest BCUT2D eigenvalue weighted by Crippen LogP contribution is 2.26. The van der Waals surface area contributed by atoms with Crippen LogP contribution in [0.4, 0.5) is 17.1 Å². The number of hydrogen-bond donors (Lipinski definition) is 2. The van der Waals surface area contributed by atoms with E-state index in [1.54, 1.807) is 30.3 Å². The van der Waals surface area contributed by atoms with Gasteiger partial charge in [0.15, 0.2) is 0 Å². The standard InChI is InChI=1S/C21H19ClN2O/c1-14-6-5-9-19(15(14)2)24-20-8-4-3-7-18(20)21(25)23-17-12-10-16(22)11-13-17/h3-13,24H,1-2H3,(H,23,25). The maximum Gasteiger partial charge on any atom is 0.257 e.